The van der Waals surface area contributed by atoms with Gasteiger partial charge in [0.05, 0.1) is 18.6 Å². The normalized spacial score (nSPS) is 26.0. The van der Waals surface area contributed by atoms with E-state index in [1.807, 2.05) is 30.2 Å². The van der Waals surface area contributed by atoms with Gasteiger partial charge < -0.3 is 19.9 Å². The minimum atomic E-state index is 0.0623. The van der Waals surface area contributed by atoms with Crippen molar-refractivity contribution in [1.82, 2.24) is 15.1 Å². The number of fused-ring (bicyclic) bond motifs is 1. The number of hydrogen-bond acceptors (Lipinski definition) is 4. The van der Waals surface area contributed by atoms with Crippen LogP contribution in [0, 0.1) is 6.92 Å². The minimum Gasteiger partial charge on any atom is -0.496 e. The number of carbonyl (C=O) groups is 1. The molecule has 1 fully saturated rings. The molecular formula is C21H26N3O2P. The summed E-state index contributed by atoms with van der Waals surface area (Å²) in [5, 5.41) is 4.58. The van der Waals surface area contributed by atoms with Crippen molar-refractivity contribution in [1.29, 1.82) is 0 Å². The molecule has 0 bridgehead atoms. The number of methoxy groups -OCH3 is 1. The first kappa shape index (κ1) is 18.3. The summed E-state index contributed by atoms with van der Waals surface area (Å²) in [7, 11) is 2.22. The minimum absolute atomic E-state index is 0.0623. The van der Waals surface area contributed by atoms with Crippen LogP contribution in [0.3, 0.4) is 0 Å². The number of aryl methyl sites for hydroxylation is 1. The van der Waals surface area contributed by atoms with Crippen LogP contribution in [0.25, 0.3) is 5.31 Å². The third-order valence-corrected chi connectivity index (χ3v) is 6.80. The van der Waals surface area contributed by atoms with E-state index in [1.165, 1.54) is 0 Å². The number of allylic oxidation sites excluding steroid dienone is 1. The van der Waals surface area contributed by atoms with Crippen LogP contribution < -0.4 is 10.1 Å². The van der Waals surface area contributed by atoms with Crippen molar-refractivity contribution < 1.29 is 9.53 Å². The van der Waals surface area contributed by atoms with E-state index in [4.69, 9.17) is 4.74 Å². The largest absolute Gasteiger partial charge is 0.496 e. The molecule has 3 aliphatic heterocycles. The van der Waals surface area contributed by atoms with Gasteiger partial charge in [0.2, 0.25) is 0 Å². The maximum atomic E-state index is 12.8. The second-order valence-corrected chi connectivity index (χ2v) is 8.71. The summed E-state index contributed by atoms with van der Waals surface area (Å²) in [5.74, 6) is 1.05. The molecule has 3 heterocycles. The Morgan fingerprint density at radius 3 is 2.93 bits per heavy atom. The van der Waals surface area contributed by atoms with Crippen molar-refractivity contribution in [2.75, 3.05) is 26.7 Å². The molecule has 5 nitrogen and oxygen atoms in total. The molecule has 2 unspecified atom stereocenters. The summed E-state index contributed by atoms with van der Waals surface area (Å²) < 4.78 is 5.35. The van der Waals surface area contributed by atoms with E-state index >= 15 is 0 Å². The first-order valence-corrected chi connectivity index (χ1v) is 10.5. The van der Waals surface area contributed by atoms with Crippen molar-refractivity contribution in [2.24, 2.45) is 0 Å². The lowest BCUT2D eigenvalue weighted by Crippen LogP contribution is -2.49. The molecule has 0 spiro atoms. The number of nitrogens with one attached hydrogen (secondary N) is 1. The van der Waals surface area contributed by atoms with E-state index in [0.29, 0.717) is 14.6 Å². The standard InChI is InChI=1S/C21H26N3O2P/c1-14-10-16(4-6-18(14)26-3)19-11-20(25)24-13-17(5-7-21(24)27-19)23-9-8-22-15(2)12-23/h4-7,10-11,13,15,21-22,27H,8-9,12H2,1-3H3/t15-,21?/m0/s1. The summed E-state index contributed by atoms with van der Waals surface area (Å²) in [6.45, 7) is 7.15. The molecule has 3 atom stereocenters. The van der Waals surface area contributed by atoms with Crippen LogP contribution in [-0.4, -0.2) is 54.3 Å². The molecular weight excluding hydrogens is 357 g/mol. The van der Waals surface area contributed by atoms with Crippen molar-refractivity contribution in [3.63, 3.8) is 0 Å². The zero-order valence-electron chi connectivity index (χ0n) is 16.0. The Kier molecular flexibility index (Phi) is 5.07. The van der Waals surface area contributed by atoms with E-state index in [0.717, 1.165) is 47.5 Å². The van der Waals surface area contributed by atoms with Crippen LogP contribution in [0.5, 0.6) is 5.75 Å². The average Bonchev–Trinajstić information content (AvgIpc) is 2.67. The predicted molar refractivity (Wildman–Crippen MR) is 111 cm³/mol. The van der Waals surface area contributed by atoms with Gasteiger partial charge in [0.15, 0.2) is 0 Å². The topological polar surface area (TPSA) is 44.8 Å². The zero-order valence-corrected chi connectivity index (χ0v) is 17.0. The quantitative estimate of drug-likeness (QED) is 0.816. The molecule has 1 saturated heterocycles. The summed E-state index contributed by atoms with van der Waals surface area (Å²) in [5.41, 5.74) is 3.33. The molecule has 1 aromatic carbocycles. The fraction of sp³-hybridized carbons (Fsp3) is 0.381. The van der Waals surface area contributed by atoms with Crippen LogP contribution in [-0.2, 0) is 4.79 Å². The van der Waals surface area contributed by atoms with Gasteiger partial charge in [-0.15, -0.1) is 0 Å². The number of piperazine rings is 1. The monoisotopic (exact) mass is 383 g/mol. The fourth-order valence-electron chi connectivity index (χ4n) is 3.83. The summed E-state index contributed by atoms with van der Waals surface area (Å²) in [6, 6.07) is 6.60. The average molecular weight is 383 g/mol. The zero-order chi connectivity index (χ0) is 19.0. The molecule has 0 saturated carbocycles. The van der Waals surface area contributed by atoms with Gasteiger partial charge in [0.1, 0.15) is 5.75 Å². The Labute approximate surface area is 162 Å². The molecule has 6 heteroatoms. The van der Waals surface area contributed by atoms with Gasteiger partial charge in [-0.3, -0.25) is 4.79 Å². The van der Waals surface area contributed by atoms with E-state index in [2.05, 4.69) is 35.4 Å². The smallest absolute Gasteiger partial charge is 0.252 e. The van der Waals surface area contributed by atoms with Gasteiger partial charge in [-0.2, -0.15) is 0 Å². The number of rotatable bonds is 3. The predicted octanol–water partition coefficient (Wildman–Crippen LogP) is 2.90. The van der Waals surface area contributed by atoms with Crippen LogP contribution in [0.2, 0.25) is 0 Å². The van der Waals surface area contributed by atoms with Crippen LogP contribution in [0.4, 0.5) is 0 Å². The maximum Gasteiger partial charge on any atom is 0.252 e. The Hall–Kier alpha value is -2.10. The highest BCUT2D eigenvalue weighted by Gasteiger charge is 2.30. The van der Waals surface area contributed by atoms with E-state index in [1.54, 1.807) is 13.2 Å². The van der Waals surface area contributed by atoms with Gasteiger partial charge in [0, 0.05) is 38.0 Å². The molecule has 3 aliphatic rings. The SMILES string of the molecule is COc1ccc(C2=CC(=O)N3C=C(N4CCN[C@@H](C)C4)C=CC3P2)cc1C. The van der Waals surface area contributed by atoms with Crippen molar-refractivity contribution in [3.05, 3.63) is 59.5 Å². The number of ether oxygens (including phenoxy) is 1. The lowest BCUT2D eigenvalue weighted by molar-refractivity contribution is -0.123. The van der Waals surface area contributed by atoms with Crippen molar-refractivity contribution in [2.45, 2.75) is 25.7 Å². The maximum absolute atomic E-state index is 12.8. The van der Waals surface area contributed by atoms with Gasteiger partial charge in [0.25, 0.3) is 5.91 Å². The van der Waals surface area contributed by atoms with Gasteiger partial charge in [-0.25, -0.2) is 0 Å². The van der Waals surface area contributed by atoms with E-state index in [-0.39, 0.29) is 11.7 Å². The fourth-order valence-corrected chi connectivity index (χ4v) is 5.21. The first-order chi connectivity index (χ1) is 13.0. The van der Waals surface area contributed by atoms with Gasteiger partial charge >= 0.3 is 0 Å². The third kappa shape index (κ3) is 3.67. The number of nitrogens with zero attached hydrogens (tertiary/aromatic N) is 2. The molecule has 0 aromatic heterocycles. The highest BCUT2D eigenvalue weighted by molar-refractivity contribution is 7.51. The number of hydrogen-bond donors (Lipinski definition) is 1. The molecule has 27 heavy (non-hydrogen) atoms. The molecule has 1 N–H and O–H groups in total. The highest BCUT2D eigenvalue weighted by atomic mass is 31.1. The number of carbonyl (C=O) groups excluding carboxylic acids is 1. The first-order valence-electron chi connectivity index (χ1n) is 9.39. The molecule has 1 aromatic rings. The third-order valence-electron chi connectivity index (χ3n) is 5.29. The van der Waals surface area contributed by atoms with E-state index < -0.39 is 0 Å². The Morgan fingerprint density at radius 2 is 2.19 bits per heavy atom. The number of benzene rings is 1. The van der Waals surface area contributed by atoms with Crippen molar-refractivity contribution >= 4 is 19.8 Å². The summed E-state index contributed by atoms with van der Waals surface area (Å²) in [6.07, 6.45) is 8.19. The molecule has 4 rings (SSSR count). The van der Waals surface area contributed by atoms with Crippen LogP contribution >= 0.6 is 8.58 Å². The highest BCUT2D eigenvalue weighted by Crippen LogP contribution is 2.45. The van der Waals surface area contributed by atoms with Crippen LogP contribution in [0.15, 0.2) is 48.3 Å². The lowest BCUT2D eigenvalue weighted by Gasteiger charge is -2.39. The second kappa shape index (κ2) is 7.49. The molecule has 1 amide bonds. The van der Waals surface area contributed by atoms with E-state index in [9.17, 15) is 4.79 Å². The Morgan fingerprint density at radius 1 is 1.33 bits per heavy atom. The molecule has 0 radical (unpaired) electrons. The Balaban J connectivity index is 1.56. The van der Waals surface area contributed by atoms with Gasteiger partial charge in [-0.1, -0.05) is 20.7 Å². The number of amides is 1. The van der Waals surface area contributed by atoms with Crippen LogP contribution in [0.1, 0.15) is 18.1 Å². The summed E-state index contributed by atoms with van der Waals surface area (Å²) in [4.78, 5) is 17.1. The molecule has 142 valence electrons. The summed E-state index contributed by atoms with van der Waals surface area (Å²) >= 11 is 0. The molecule has 0 aliphatic carbocycles. The van der Waals surface area contributed by atoms with Crippen molar-refractivity contribution in [3.8, 4) is 5.75 Å². The Bertz CT molecular complexity index is 846. The van der Waals surface area contributed by atoms with Gasteiger partial charge in [-0.05, 0) is 48.5 Å². The second-order valence-electron chi connectivity index (χ2n) is 7.29. The lowest BCUT2D eigenvalue weighted by atomic mass is 10.1.